The van der Waals surface area contributed by atoms with Crippen LogP contribution >= 0.6 is 0 Å². The van der Waals surface area contributed by atoms with Crippen LogP contribution in [0.4, 0.5) is 0 Å². The van der Waals surface area contributed by atoms with E-state index < -0.39 is 6.10 Å². The second-order valence-electron chi connectivity index (χ2n) is 6.72. The van der Waals surface area contributed by atoms with Crippen molar-refractivity contribution in [2.24, 2.45) is 5.92 Å². The van der Waals surface area contributed by atoms with Gasteiger partial charge >= 0.3 is 0 Å². The highest BCUT2D eigenvalue weighted by Crippen LogP contribution is 2.35. The molecule has 1 aromatic rings. The third-order valence-corrected chi connectivity index (χ3v) is 5.25. The number of amides is 1. The molecule has 1 aromatic carbocycles. The number of nitrogens with zero attached hydrogens (tertiary/aromatic N) is 1. The molecule has 0 bridgehead atoms. The van der Waals surface area contributed by atoms with Crippen molar-refractivity contribution in [3.05, 3.63) is 24.3 Å². The fourth-order valence-corrected chi connectivity index (χ4v) is 4.04. The zero-order valence-corrected chi connectivity index (χ0v) is 14.2. The van der Waals surface area contributed by atoms with E-state index in [1.807, 2.05) is 31.2 Å². The Morgan fingerprint density at radius 3 is 2.39 bits per heavy atom. The van der Waals surface area contributed by atoms with E-state index in [9.17, 15) is 4.79 Å². The number of carbonyl (C=O) groups is 1. The Morgan fingerprint density at radius 2 is 1.74 bits per heavy atom. The third-order valence-electron chi connectivity index (χ3n) is 5.25. The molecule has 23 heavy (non-hydrogen) atoms. The zero-order chi connectivity index (χ0) is 16.2. The van der Waals surface area contributed by atoms with E-state index in [4.69, 9.17) is 9.47 Å². The van der Waals surface area contributed by atoms with Crippen LogP contribution in [0.3, 0.4) is 0 Å². The summed E-state index contributed by atoms with van der Waals surface area (Å²) in [6, 6.07) is 7.84. The van der Waals surface area contributed by atoms with E-state index in [1.54, 1.807) is 7.11 Å². The molecule has 0 radical (unpaired) electrons. The molecule has 2 atom stereocenters. The Balaban J connectivity index is 1.61. The van der Waals surface area contributed by atoms with E-state index in [0.29, 0.717) is 17.7 Å². The monoisotopic (exact) mass is 317 g/mol. The minimum Gasteiger partial charge on any atom is -0.497 e. The van der Waals surface area contributed by atoms with E-state index in [1.165, 1.54) is 25.7 Å². The maximum Gasteiger partial charge on any atom is 0.263 e. The Hall–Kier alpha value is -1.71. The van der Waals surface area contributed by atoms with Crippen LogP contribution in [-0.2, 0) is 4.79 Å². The highest BCUT2D eigenvalue weighted by Gasteiger charge is 2.37. The van der Waals surface area contributed by atoms with Crippen LogP contribution in [-0.4, -0.2) is 36.6 Å². The number of methoxy groups -OCH3 is 1. The van der Waals surface area contributed by atoms with Crippen molar-refractivity contribution in [2.45, 2.75) is 57.6 Å². The van der Waals surface area contributed by atoms with Crippen LogP contribution in [0.15, 0.2) is 24.3 Å². The lowest BCUT2D eigenvalue weighted by Gasteiger charge is -2.31. The normalized spacial score (nSPS) is 23.0. The lowest BCUT2D eigenvalue weighted by Crippen LogP contribution is -2.45. The van der Waals surface area contributed by atoms with Gasteiger partial charge in [0.2, 0.25) is 0 Å². The predicted molar refractivity (Wildman–Crippen MR) is 89.8 cm³/mol. The molecule has 0 spiro atoms. The summed E-state index contributed by atoms with van der Waals surface area (Å²) in [6.45, 7) is 2.74. The van der Waals surface area contributed by atoms with Gasteiger partial charge in [-0.1, -0.05) is 12.8 Å². The Morgan fingerprint density at radius 1 is 1.09 bits per heavy atom. The van der Waals surface area contributed by atoms with E-state index in [0.717, 1.165) is 25.1 Å². The predicted octanol–water partition coefficient (Wildman–Crippen LogP) is 3.64. The van der Waals surface area contributed by atoms with Crippen LogP contribution in [0, 0.1) is 5.92 Å². The van der Waals surface area contributed by atoms with Gasteiger partial charge in [0.05, 0.1) is 7.11 Å². The number of benzene rings is 1. The molecule has 0 aromatic heterocycles. The molecule has 126 valence electrons. The first kappa shape index (κ1) is 16.2. The van der Waals surface area contributed by atoms with Crippen molar-refractivity contribution < 1.29 is 14.3 Å². The average Bonchev–Trinajstić information content (AvgIpc) is 3.25. The van der Waals surface area contributed by atoms with Crippen LogP contribution in [0.2, 0.25) is 0 Å². The highest BCUT2D eigenvalue weighted by atomic mass is 16.5. The molecular formula is C19H27NO3. The molecule has 3 rings (SSSR count). The van der Waals surface area contributed by atoms with Gasteiger partial charge in [0, 0.05) is 12.6 Å². The second-order valence-corrected chi connectivity index (χ2v) is 6.72. The molecule has 1 heterocycles. The number of hydrogen-bond donors (Lipinski definition) is 0. The smallest absolute Gasteiger partial charge is 0.263 e. The summed E-state index contributed by atoms with van der Waals surface area (Å²) in [5.41, 5.74) is 0. The van der Waals surface area contributed by atoms with Crippen molar-refractivity contribution in [2.75, 3.05) is 13.7 Å². The Kier molecular flexibility index (Phi) is 5.09. The average molecular weight is 317 g/mol. The first-order valence-corrected chi connectivity index (χ1v) is 8.80. The first-order chi connectivity index (χ1) is 11.2. The van der Waals surface area contributed by atoms with Crippen molar-refractivity contribution in [1.82, 2.24) is 4.90 Å². The van der Waals surface area contributed by atoms with Crippen molar-refractivity contribution in [3.8, 4) is 11.5 Å². The van der Waals surface area contributed by atoms with Gasteiger partial charge in [0.15, 0.2) is 6.10 Å². The lowest BCUT2D eigenvalue weighted by atomic mass is 9.96. The van der Waals surface area contributed by atoms with Crippen molar-refractivity contribution >= 4 is 5.91 Å². The molecule has 4 nitrogen and oxygen atoms in total. The summed E-state index contributed by atoms with van der Waals surface area (Å²) in [6.07, 6.45) is 7.05. The molecule has 0 N–H and O–H groups in total. The summed E-state index contributed by atoms with van der Waals surface area (Å²) >= 11 is 0. The van der Waals surface area contributed by atoms with Gasteiger partial charge in [-0.25, -0.2) is 0 Å². The SMILES string of the molecule is COc1ccc(OC(C)C(=O)N2CCCC2C2CCCC2)cc1. The molecule has 2 unspecified atom stereocenters. The van der Waals surface area contributed by atoms with Gasteiger partial charge in [-0.2, -0.15) is 0 Å². The molecule has 2 aliphatic rings. The van der Waals surface area contributed by atoms with E-state index in [2.05, 4.69) is 4.90 Å². The topological polar surface area (TPSA) is 38.8 Å². The molecule has 4 heteroatoms. The summed E-state index contributed by atoms with van der Waals surface area (Å²) in [5.74, 6) is 2.34. The zero-order valence-electron chi connectivity index (χ0n) is 14.2. The number of ether oxygens (including phenoxy) is 2. The number of likely N-dealkylation sites (tertiary alicyclic amines) is 1. The Labute approximate surface area is 138 Å². The molecule has 1 aliphatic carbocycles. The largest absolute Gasteiger partial charge is 0.497 e. The molecule has 1 saturated heterocycles. The molecule has 1 amide bonds. The molecule has 2 fully saturated rings. The maximum atomic E-state index is 12.8. The molecule has 1 aliphatic heterocycles. The minimum atomic E-state index is -0.439. The molecule has 1 saturated carbocycles. The standard InChI is InChI=1S/C19H27NO3/c1-14(23-17-11-9-16(22-2)10-12-17)19(21)20-13-5-8-18(20)15-6-3-4-7-15/h9-12,14-15,18H,3-8,13H2,1-2H3. The molecular weight excluding hydrogens is 290 g/mol. The van der Waals surface area contributed by atoms with E-state index in [-0.39, 0.29) is 5.91 Å². The number of hydrogen-bond acceptors (Lipinski definition) is 3. The summed E-state index contributed by atoms with van der Waals surface area (Å²) < 4.78 is 11.0. The number of rotatable bonds is 5. The fraction of sp³-hybridized carbons (Fsp3) is 0.632. The van der Waals surface area contributed by atoms with Crippen LogP contribution in [0.1, 0.15) is 45.4 Å². The van der Waals surface area contributed by atoms with Crippen molar-refractivity contribution in [3.63, 3.8) is 0 Å². The summed E-state index contributed by atoms with van der Waals surface area (Å²) in [7, 11) is 1.64. The van der Waals surface area contributed by atoms with Crippen LogP contribution in [0.5, 0.6) is 11.5 Å². The van der Waals surface area contributed by atoms with Gasteiger partial charge in [0.25, 0.3) is 5.91 Å². The van der Waals surface area contributed by atoms with Gasteiger partial charge in [0.1, 0.15) is 11.5 Å². The number of carbonyl (C=O) groups excluding carboxylic acids is 1. The highest BCUT2D eigenvalue weighted by molar-refractivity contribution is 5.81. The van der Waals surface area contributed by atoms with Crippen LogP contribution in [0.25, 0.3) is 0 Å². The van der Waals surface area contributed by atoms with Crippen LogP contribution < -0.4 is 9.47 Å². The summed E-state index contributed by atoms with van der Waals surface area (Å²) in [4.78, 5) is 14.9. The minimum absolute atomic E-state index is 0.134. The first-order valence-electron chi connectivity index (χ1n) is 8.80. The quantitative estimate of drug-likeness (QED) is 0.832. The fourth-order valence-electron chi connectivity index (χ4n) is 4.04. The Bertz CT molecular complexity index is 522. The van der Waals surface area contributed by atoms with Gasteiger partial charge in [-0.05, 0) is 62.8 Å². The van der Waals surface area contributed by atoms with Crippen molar-refractivity contribution in [1.29, 1.82) is 0 Å². The maximum absolute atomic E-state index is 12.8. The van der Waals surface area contributed by atoms with Gasteiger partial charge in [-0.3, -0.25) is 4.79 Å². The van der Waals surface area contributed by atoms with Gasteiger partial charge < -0.3 is 14.4 Å². The lowest BCUT2D eigenvalue weighted by molar-refractivity contribution is -0.139. The second kappa shape index (κ2) is 7.24. The third kappa shape index (κ3) is 3.62. The van der Waals surface area contributed by atoms with E-state index >= 15 is 0 Å². The summed E-state index contributed by atoms with van der Waals surface area (Å²) in [5, 5.41) is 0. The van der Waals surface area contributed by atoms with Gasteiger partial charge in [-0.15, -0.1) is 0 Å².